The highest BCUT2D eigenvalue weighted by molar-refractivity contribution is 5.94. The molecule has 0 spiro atoms. The number of ether oxygens (including phenoxy) is 1. The quantitative estimate of drug-likeness (QED) is 0.799. The number of nitrogens with one attached hydrogen (secondary N) is 1. The van der Waals surface area contributed by atoms with Gasteiger partial charge in [-0.25, -0.2) is 4.79 Å². The van der Waals surface area contributed by atoms with Gasteiger partial charge in [0.2, 0.25) is 6.23 Å². The molecule has 0 saturated heterocycles. The van der Waals surface area contributed by atoms with E-state index in [4.69, 9.17) is 4.74 Å². The molecule has 2 aromatic rings. The number of benzene rings is 1. The van der Waals surface area contributed by atoms with E-state index in [2.05, 4.69) is 10.3 Å². The molecule has 0 fully saturated rings. The first-order chi connectivity index (χ1) is 8.34. The summed E-state index contributed by atoms with van der Waals surface area (Å²) in [5.41, 5.74) is 2.36. The van der Waals surface area contributed by atoms with Gasteiger partial charge in [-0.3, -0.25) is 4.98 Å². The maximum Gasteiger partial charge on any atom is 0.340 e. The SMILES string of the molecule is O=C1O[C@H](Nc2ccncc2)c2ccccc21. The molecule has 4 heteroatoms. The van der Waals surface area contributed by atoms with Gasteiger partial charge in [-0.15, -0.1) is 0 Å². The lowest BCUT2D eigenvalue weighted by atomic mass is 10.1. The van der Waals surface area contributed by atoms with Crippen molar-refractivity contribution >= 4 is 11.7 Å². The Bertz CT molecular complexity index is 554. The lowest BCUT2D eigenvalue weighted by molar-refractivity contribution is 0.0437. The maximum absolute atomic E-state index is 11.6. The highest BCUT2D eigenvalue weighted by atomic mass is 16.6. The molecule has 0 radical (unpaired) electrons. The van der Waals surface area contributed by atoms with E-state index in [0.29, 0.717) is 5.56 Å². The van der Waals surface area contributed by atoms with Crippen LogP contribution in [0.1, 0.15) is 22.1 Å². The zero-order chi connectivity index (χ0) is 11.7. The van der Waals surface area contributed by atoms with Crippen LogP contribution in [0.5, 0.6) is 0 Å². The monoisotopic (exact) mass is 226 g/mol. The normalized spacial score (nSPS) is 17.4. The Balaban J connectivity index is 1.90. The summed E-state index contributed by atoms with van der Waals surface area (Å²) in [4.78, 5) is 15.5. The molecule has 4 nitrogen and oxygen atoms in total. The van der Waals surface area contributed by atoms with Crippen molar-refractivity contribution in [3.8, 4) is 0 Å². The molecule has 17 heavy (non-hydrogen) atoms. The van der Waals surface area contributed by atoms with E-state index >= 15 is 0 Å². The molecule has 0 unspecified atom stereocenters. The summed E-state index contributed by atoms with van der Waals surface area (Å²) in [6, 6.07) is 11.0. The van der Waals surface area contributed by atoms with Crippen LogP contribution < -0.4 is 5.32 Å². The molecule has 0 bridgehead atoms. The van der Waals surface area contributed by atoms with Crippen LogP contribution in [0.4, 0.5) is 5.69 Å². The number of cyclic esters (lactones) is 1. The Labute approximate surface area is 98.3 Å². The van der Waals surface area contributed by atoms with Crippen LogP contribution >= 0.6 is 0 Å². The summed E-state index contributed by atoms with van der Waals surface area (Å²) < 4.78 is 5.27. The molecular formula is C13H10N2O2. The van der Waals surface area contributed by atoms with Crippen LogP contribution in [0, 0.1) is 0 Å². The fourth-order valence-electron chi connectivity index (χ4n) is 1.85. The van der Waals surface area contributed by atoms with Crippen LogP contribution in [0.2, 0.25) is 0 Å². The van der Waals surface area contributed by atoms with Crippen molar-refractivity contribution in [2.75, 3.05) is 5.32 Å². The third-order valence-electron chi connectivity index (χ3n) is 2.67. The first-order valence-corrected chi connectivity index (χ1v) is 5.31. The van der Waals surface area contributed by atoms with Gasteiger partial charge in [0.15, 0.2) is 0 Å². The summed E-state index contributed by atoms with van der Waals surface area (Å²) in [6.45, 7) is 0. The first-order valence-electron chi connectivity index (χ1n) is 5.31. The van der Waals surface area contributed by atoms with E-state index in [0.717, 1.165) is 11.3 Å². The van der Waals surface area contributed by atoms with Gasteiger partial charge >= 0.3 is 5.97 Å². The van der Waals surface area contributed by atoms with Crippen molar-refractivity contribution in [2.24, 2.45) is 0 Å². The van der Waals surface area contributed by atoms with Crippen molar-refractivity contribution in [1.29, 1.82) is 0 Å². The summed E-state index contributed by atoms with van der Waals surface area (Å²) in [5.74, 6) is -0.285. The Kier molecular flexibility index (Phi) is 2.26. The van der Waals surface area contributed by atoms with E-state index < -0.39 is 6.23 Å². The number of carbonyl (C=O) groups is 1. The molecule has 1 N–H and O–H groups in total. The Morgan fingerprint density at radius 1 is 1.12 bits per heavy atom. The third-order valence-corrected chi connectivity index (χ3v) is 2.67. The standard InChI is InChI=1S/C13H10N2O2/c16-13-11-4-2-1-3-10(11)12(17-13)15-9-5-7-14-8-6-9/h1-8,12H,(H,14,15)/t12-/m0/s1. The molecule has 0 amide bonds. The summed E-state index contributed by atoms with van der Waals surface area (Å²) in [7, 11) is 0. The van der Waals surface area contributed by atoms with E-state index in [1.807, 2.05) is 30.3 Å². The second-order valence-electron chi connectivity index (χ2n) is 3.75. The van der Waals surface area contributed by atoms with Crippen molar-refractivity contribution in [3.05, 3.63) is 59.9 Å². The Hall–Kier alpha value is -2.36. The number of hydrogen-bond donors (Lipinski definition) is 1. The van der Waals surface area contributed by atoms with E-state index in [1.54, 1.807) is 18.5 Å². The van der Waals surface area contributed by atoms with Gasteiger partial charge < -0.3 is 10.1 Å². The van der Waals surface area contributed by atoms with Gasteiger partial charge in [0, 0.05) is 23.6 Å². The van der Waals surface area contributed by atoms with E-state index in [-0.39, 0.29) is 5.97 Å². The van der Waals surface area contributed by atoms with Crippen molar-refractivity contribution in [2.45, 2.75) is 6.23 Å². The average molecular weight is 226 g/mol. The van der Waals surface area contributed by atoms with Crippen LogP contribution in [0.3, 0.4) is 0 Å². The van der Waals surface area contributed by atoms with Crippen LogP contribution in [0.25, 0.3) is 0 Å². The fraction of sp³-hybridized carbons (Fsp3) is 0.0769. The minimum atomic E-state index is -0.416. The minimum absolute atomic E-state index is 0.285. The molecule has 3 rings (SSSR count). The van der Waals surface area contributed by atoms with Gasteiger partial charge in [0.05, 0.1) is 5.56 Å². The van der Waals surface area contributed by atoms with Crippen molar-refractivity contribution < 1.29 is 9.53 Å². The molecule has 84 valence electrons. The van der Waals surface area contributed by atoms with E-state index in [1.165, 1.54) is 0 Å². The second kappa shape index (κ2) is 3.90. The summed E-state index contributed by atoms with van der Waals surface area (Å²) >= 11 is 0. The zero-order valence-electron chi connectivity index (χ0n) is 8.96. The topological polar surface area (TPSA) is 51.2 Å². The van der Waals surface area contributed by atoms with Gasteiger partial charge in [0.25, 0.3) is 0 Å². The predicted octanol–water partition coefficient (Wildman–Crippen LogP) is 2.36. The molecule has 1 aromatic carbocycles. The number of pyridine rings is 1. The van der Waals surface area contributed by atoms with Gasteiger partial charge in [-0.1, -0.05) is 18.2 Å². The predicted molar refractivity (Wildman–Crippen MR) is 62.5 cm³/mol. The number of aromatic nitrogens is 1. The lowest BCUT2D eigenvalue weighted by Crippen LogP contribution is -2.10. The smallest absolute Gasteiger partial charge is 0.340 e. The van der Waals surface area contributed by atoms with E-state index in [9.17, 15) is 4.79 Å². The Morgan fingerprint density at radius 2 is 1.88 bits per heavy atom. The molecule has 1 aliphatic heterocycles. The number of hydrogen-bond acceptors (Lipinski definition) is 4. The number of esters is 1. The van der Waals surface area contributed by atoms with Gasteiger partial charge in [-0.05, 0) is 18.2 Å². The summed E-state index contributed by atoms with van der Waals surface area (Å²) in [6.07, 6.45) is 2.96. The lowest BCUT2D eigenvalue weighted by Gasteiger charge is -2.13. The number of nitrogens with zero attached hydrogens (tertiary/aromatic N) is 1. The molecule has 2 heterocycles. The van der Waals surface area contributed by atoms with Crippen LogP contribution in [-0.4, -0.2) is 11.0 Å². The van der Waals surface area contributed by atoms with Crippen molar-refractivity contribution in [1.82, 2.24) is 4.98 Å². The second-order valence-corrected chi connectivity index (χ2v) is 3.75. The first kappa shape index (κ1) is 9.84. The summed E-state index contributed by atoms with van der Waals surface area (Å²) in [5, 5.41) is 3.14. The van der Waals surface area contributed by atoms with Crippen molar-refractivity contribution in [3.63, 3.8) is 0 Å². The highest BCUT2D eigenvalue weighted by Crippen LogP contribution is 2.30. The highest BCUT2D eigenvalue weighted by Gasteiger charge is 2.30. The number of fused-ring (bicyclic) bond motifs is 1. The molecule has 1 atom stereocenters. The third kappa shape index (κ3) is 1.73. The zero-order valence-corrected chi connectivity index (χ0v) is 8.96. The van der Waals surface area contributed by atoms with Gasteiger partial charge in [0.1, 0.15) is 0 Å². The molecule has 0 aliphatic carbocycles. The molecule has 1 aliphatic rings. The fourth-order valence-corrected chi connectivity index (χ4v) is 1.85. The van der Waals surface area contributed by atoms with Crippen LogP contribution in [-0.2, 0) is 4.74 Å². The van der Waals surface area contributed by atoms with Gasteiger partial charge in [-0.2, -0.15) is 0 Å². The number of carbonyl (C=O) groups excluding carboxylic acids is 1. The Morgan fingerprint density at radius 3 is 2.71 bits per heavy atom. The molecule has 0 saturated carbocycles. The number of rotatable bonds is 2. The minimum Gasteiger partial charge on any atom is -0.434 e. The number of anilines is 1. The van der Waals surface area contributed by atoms with Crippen LogP contribution in [0.15, 0.2) is 48.8 Å². The largest absolute Gasteiger partial charge is 0.434 e. The average Bonchev–Trinajstić information content (AvgIpc) is 2.69. The molecular weight excluding hydrogens is 216 g/mol. The maximum atomic E-state index is 11.6. The molecule has 1 aromatic heterocycles.